The van der Waals surface area contributed by atoms with Gasteiger partial charge in [0.25, 0.3) is 0 Å². The second-order valence-electron chi connectivity index (χ2n) is 9.74. The summed E-state index contributed by atoms with van der Waals surface area (Å²) >= 11 is 6.42. The van der Waals surface area contributed by atoms with Gasteiger partial charge in [0.05, 0.1) is 33.7 Å². The van der Waals surface area contributed by atoms with Crippen LogP contribution in [0.25, 0.3) is 16.6 Å². The predicted molar refractivity (Wildman–Crippen MR) is 147 cm³/mol. The van der Waals surface area contributed by atoms with Crippen LogP contribution >= 0.6 is 11.6 Å². The number of halogens is 1. The van der Waals surface area contributed by atoms with E-state index in [1.54, 1.807) is 0 Å². The van der Waals surface area contributed by atoms with Crippen LogP contribution in [0.3, 0.4) is 0 Å². The highest BCUT2D eigenvalue weighted by Crippen LogP contribution is 2.33. The molecule has 5 nitrogen and oxygen atoms in total. The highest BCUT2D eigenvalue weighted by atomic mass is 35.5. The Morgan fingerprint density at radius 2 is 1.77 bits per heavy atom. The number of amidine groups is 1. The normalized spacial score (nSPS) is 15.0. The van der Waals surface area contributed by atoms with Crippen LogP contribution in [-0.2, 0) is 0 Å². The zero-order valence-electron chi connectivity index (χ0n) is 20.6. The second kappa shape index (κ2) is 9.74. The first kappa shape index (κ1) is 23.4. The molecule has 0 spiro atoms. The van der Waals surface area contributed by atoms with Gasteiger partial charge in [0.15, 0.2) is 0 Å². The van der Waals surface area contributed by atoms with Crippen molar-refractivity contribution in [2.75, 3.05) is 5.32 Å². The second-order valence-corrected chi connectivity index (χ2v) is 10.1. The van der Waals surface area contributed by atoms with Gasteiger partial charge in [-0.2, -0.15) is 5.10 Å². The van der Waals surface area contributed by atoms with Crippen LogP contribution in [0.15, 0.2) is 59.9 Å². The topological polar surface area (TPSA) is 67.7 Å². The standard InChI is InChI=1S/C29H32ClN5/c1-18-9-11-23(20(3)13-18)21-15-27-28(33-22-7-5-4-6-8-22)24(16-32-35(27)17-21)29(31)34-26-14-19(2)10-12-25(26)30/h9-17,22,33H,4-8H2,1-3H3,(H2,31,34). The fourth-order valence-electron chi connectivity index (χ4n) is 5.04. The number of hydrogen-bond acceptors (Lipinski definition) is 3. The number of nitrogens with zero attached hydrogens (tertiary/aromatic N) is 3. The molecule has 0 atom stereocenters. The van der Waals surface area contributed by atoms with Gasteiger partial charge >= 0.3 is 0 Å². The Morgan fingerprint density at radius 3 is 2.54 bits per heavy atom. The molecule has 180 valence electrons. The van der Waals surface area contributed by atoms with E-state index in [9.17, 15) is 0 Å². The van der Waals surface area contributed by atoms with Gasteiger partial charge in [0, 0.05) is 17.8 Å². The van der Waals surface area contributed by atoms with Gasteiger partial charge < -0.3 is 11.1 Å². The van der Waals surface area contributed by atoms with E-state index in [1.807, 2.05) is 35.8 Å². The van der Waals surface area contributed by atoms with E-state index in [4.69, 9.17) is 27.4 Å². The zero-order chi connectivity index (χ0) is 24.5. The molecular formula is C29H32ClN5. The summed E-state index contributed by atoms with van der Waals surface area (Å²) in [5.41, 5.74) is 16.0. The maximum atomic E-state index is 6.60. The van der Waals surface area contributed by atoms with Crippen molar-refractivity contribution in [1.29, 1.82) is 0 Å². The van der Waals surface area contributed by atoms with Crippen molar-refractivity contribution in [3.8, 4) is 11.1 Å². The van der Waals surface area contributed by atoms with Crippen molar-refractivity contribution in [3.05, 3.63) is 82.1 Å². The summed E-state index contributed by atoms with van der Waals surface area (Å²) in [5, 5.41) is 9.11. The summed E-state index contributed by atoms with van der Waals surface area (Å²) in [4.78, 5) is 4.71. The number of aromatic nitrogens is 2. The molecule has 2 heterocycles. The van der Waals surface area contributed by atoms with Crippen LogP contribution < -0.4 is 11.1 Å². The number of nitrogens with one attached hydrogen (secondary N) is 1. The maximum Gasteiger partial charge on any atom is 0.135 e. The molecule has 5 rings (SSSR count). The molecule has 0 bridgehead atoms. The number of benzene rings is 2. The molecule has 6 heteroatoms. The van der Waals surface area contributed by atoms with Crippen molar-refractivity contribution < 1.29 is 0 Å². The van der Waals surface area contributed by atoms with Gasteiger partial charge in [0.2, 0.25) is 0 Å². The molecule has 1 aliphatic rings. The third kappa shape index (κ3) is 4.92. The molecule has 35 heavy (non-hydrogen) atoms. The molecule has 0 aliphatic heterocycles. The molecule has 0 saturated heterocycles. The lowest BCUT2D eigenvalue weighted by Gasteiger charge is -2.25. The molecular weight excluding hydrogens is 454 g/mol. The molecule has 1 fully saturated rings. The predicted octanol–water partition coefficient (Wildman–Crippen LogP) is 7.36. The van der Waals surface area contributed by atoms with E-state index in [2.05, 4.69) is 49.6 Å². The number of aryl methyl sites for hydroxylation is 3. The largest absolute Gasteiger partial charge is 0.383 e. The van der Waals surface area contributed by atoms with Crippen LogP contribution in [0.2, 0.25) is 5.02 Å². The van der Waals surface area contributed by atoms with Crippen LogP contribution in [0.5, 0.6) is 0 Å². The van der Waals surface area contributed by atoms with E-state index in [-0.39, 0.29) is 0 Å². The number of hydrogen-bond donors (Lipinski definition) is 2. The third-order valence-corrected chi connectivity index (χ3v) is 7.22. The minimum atomic E-state index is 0.403. The lowest BCUT2D eigenvalue weighted by molar-refractivity contribution is 0.463. The Balaban J connectivity index is 1.64. The van der Waals surface area contributed by atoms with Gasteiger partial charge in [0.1, 0.15) is 5.84 Å². The summed E-state index contributed by atoms with van der Waals surface area (Å²) in [6.45, 7) is 6.29. The van der Waals surface area contributed by atoms with E-state index < -0.39 is 0 Å². The lowest BCUT2D eigenvalue weighted by Crippen LogP contribution is -2.25. The molecule has 2 aromatic heterocycles. The first-order valence-corrected chi connectivity index (χ1v) is 12.7. The number of nitrogens with two attached hydrogens (primary N) is 1. The van der Waals surface area contributed by atoms with Crippen LogP contribution in [-0.4, -0.2) is 21.5 Å². The van der Waals surface area contributed by atoms with Crippen LogP contribution in [0.4, 0.5) is 11.4 Å². The van der Waals surface area contributed by atoms with Crippen LogP contribution in [0, 0.1) is 20.8 Å². The summed E-state index contributed by atoms with van der Waals surface area (Å²) in [5.74, 6) is 0.403. The SMILES string of the molecule is Cc1ccc(-c2cc3c(NC4CCCCC4)c(C(N)=Nc4cc(C)ccc4Cl)cnn3c2)c(C)c1. The maximum absolute atomic E-state index is 6.60. The van der Waals surface area contributed by atoms with Gasteiger partial charge in [-0.1, -0.05) is 60.7 Å². The number of aliphatic imine (C=N–C) groups is 1. The van der Waals surface area contributed by atoms with Gasteiger partial charge in [-0.05, 0) is 68.5 Å². The smallest absolute Gasteiger partial charge is 0.135 e. The molecule has 1 aliphatic carbocycles. The van der Waals surface area contributed by atoms with E-state index in [1.165, 1.54) is 36.0 Å². The average Bonchev–Trinajstić information content (AvgIpc) is 3.27. The molecule has 0 amide bonds. The number of fused-ring (bicyclic) bond motifs is 1. The summed E-state index contributed by atoms with van der Waals surface area (Å²) in [7, 11) is 0. The fraction of sp³-hybridized carbons (Fsp3) is 0.310. The minimum absolute atomic E-state index is 0.403. The van der Waals surface area contributed by atoms with E-state index >= 15 is 0 Å². The Kier molecular flexibility index (Phi) is 6.52. The summed E-state index contributed by atoms with van der Waals surface area (Å²) in [6.07, 6.45) is 9.99. The first-order valence-electron chi connectivity index (χ1n) is 12.4. The highest BCUT2D eigenvalue weighted by Gasteiger charge is 2.20. The Morgan fingerprint density at radius 1 is 1.03 bits per heavy atom. The van der Waals surface area contributed by atoms with Gasteiger partial charge in [-0.25, -0.2) is 9.51 Å². The highest BCUT2D eigenvalue weighted by molar-refractivity contribution is 6.33. The molecule has 3 N–H and O–H groups in total. The average molecular weight is 486 g/mol. The van der Waals surface area contributed by atoms with Gasteiger partial charge in [-0.3, -0.25) is 0 Å². The minimum Gasteiger partial charge on any atom is -0.383 e. The van der Waals surface area contributed by atoms with E-state index in [0.29, 0.717) is 22.6 Å². The Hall–Kier alpha value is -3.31. The van der Waals surface area contributed by atoms with Gasteiger partial charge in [-0.15, -0.1) is 0 Å². The van der Waals surface area contributed by atoms with Crippen molar-refractivity contribution in [3.63, 3.8) is 0 Å². The summed E-state index contributed by atoms with van der Waals surface area (Å²) < 4.78 is 1.94. The van der Waals surface area contributed by atoms with Crippen molar-refractivity contribution in [2.24, 2.45) is 10.7 Å². The van der Waals surface area contributed by atoms with Crippen LogP contribution in [0.1, 0.15) is 54.4 Å². The van der Waals surface area contributed by atoms with E-state index in [0.717, 1.165) is 40.7 Å². The lowest BCUT2D eigenvalue weighted by atomic mass is 9.95. The molecule has 2 aromatic carbocycles. The molecule has 1 saturated carbocycles. The molecule has 0 radical (unpaired) electrons. The molecule has 4 aromatic rings. The van der Waals surface area contributed by atoms with Crippen molar-refractivity contribution >= 4 is 34.3 Å². The zero-order valence-corrected chi connectivity index (χ0v) is 21.4. The number of rotatable bonds is 5. The summed E-state index contributed by atoms with van der Waals surface area (Å²) in [6, 6.07) is 14.9. The monoisotopic (exact) mass is 485 g/mol. The quantitative estimate of drug-likeness (QED) is 0.229. The van der Waals surface area contributed by atoms with Crippen molar-refractivity contribution in [1.82, 2.24) is 9.61 Å². The first-order chi connectivity index (χ1) is 16.9. The number of anilines is 1. The Bertz CT molecular complexity index is 1410. The Labute approximate surface area is 212 Å². The fourth-order valence-corrected chi connectivity index (χ4v) is 5.20. The third-order valence-electron chi connectivity index (χ3n) is 6.90. The molecule has 0 unspecified atom stereocenters. The van der Waals surface area contributed by atoms with Crippen molar-refractivity contribution in [2.45, 2.75) is 58.9 Å².